The van der Waals surface area contributed by atoms with Crippen LogP contribution in [0.3, 0.4) is 0 Å². The number of carbonyl (C=O) groups is 1. The van der Waals surface area contributed by atoms with Crippen LogP contribution in [0, 0.1) is 23.1 Å². The third-order valence-corrected chi connectivity index (χ3v) is 3.84. The maximum absolute atomic E-state index is 13.7. The van der Waals surface area contributed by atoms with Crippen LogP contribution in [0.1, 0.15) is 36.8 Å². The molecular weight excluding hydrogens is 259 g/mol. The number of carboxylic acids is 1. The minimum Gasteiger partial charge on any atom is -0.481 e. The first-order chi connectivity index (χ1) is 9.60. The van der Waals surface area contributed by atoms with Crippen LogP contribution in [-0.2, 0) is 11.3 Å². The minimum atomic E-state index is -0.721. The van der Waals surface area contributed by atoms with Crippen LogP contribution in [0.5, 0.6) is 0 Å². The molecule has 1 aliphatic rings. The second-order valence-electron chi connectivity index (χ2n) is 5.19. The Kier molecular flexibility index (Phi) is 4.70. The van der Waals surface area contributed by atoms with Crippen LogP contribution >= 0.6 is 0 Å². The Morgan fingerprint density at radius 3 is 2.65 bits per heavy atom. The van der Waals surface area contributed by atoms with Crippen molar-refractivity contribution < 1.29 is 14.3 Å². The Bertz CT molecular complexity index is 531. The van der Waals surface area contributed by atoms with E-state index in [1.54, 1.807) is 12.1 Å². The highest BCUT2D eigenvalue weighted by Gasteiger charge is 2.25. The summed E-state index contributed by atoms with van der Waals surface area (Å²) in [7, 11) is 0. The molecule has 0 unspecified atom stereocenters. The van der Waals surface area contributed by atoms with Gasteiger partial charge in [-0.05, 0) is 37.8 Å². The highest BCUT2D eigenvalue weighted by atomic mass is 19.1. The molecule has 0 saturated heterocycles. The molecule has 0 bridgehead atoms. The van der Waals surface area contributed by atoms with E-state index in [0.717, 1.165) is 12.8 Å². The van der Waals surface area contributed by atoms with Gasteiger partial charge >= 0.3 is 5.97 Å². The summed E-state index contributed by atoms with van der Waals surface area (Å²) in [4.78, 5) is 10.8. The molecule has 1 aliphatic carbocycles. The second-order valence-corrected chi connectivity index (χ2v) is 5.19. The zero-order valence-electron chi connectivity index (χ0n) is 11.1. The molecule has 106 valence electrons. The number of rotatable bonds is 4. The zero-order valence-corrected chi connectivity index (χ0v) is 11.1. The van der Waals surface area contributed by atoms with E-state index in [1.807, 2.05) is 6.07 Å². The van der Waals surface area contributed by atoms with Gasteiger partial charge in [-0.2, -0.15) is 5.26 Å². The molecule has 4 nitrogen and oxygen atoms in total. The summed E-state index contributed by atoms with van der Waals surface area (Å²) in [5, 5.41) is 20.9. The summed E-state index contributed by atoms with van der Waals surface area (Å²) in [6.45, 7) is 0.403. The van der Waals surface area contributed by atoms with E-state index in [1.165, 1.54) is 6.07 Å². The standard InChI is InChI=1S/C15H17FN2O2/c16-14-7-10(8-17)1-2-12(14)9-18-13-5-3-11(4-6-13)15(19)20/h1-2,7,11,13,18H,3-6,9H2,(H,19,20). The van der Waals surface area contributed by atoms with Crippen molar-refractivity contribution in [2.75, 3.05) is 0 Å². The molecule has 1 aromatic rings. The monoisotopic (exact) mass is 276 g/mol. The van der Waals surface area contributed by atoms with E-state index in [4.69, 9.17) is 10.4 Å². The molecule has 0 aliphatic heterocycles. The number of nitriles is 1. The highest BCUT2D eigenvalue weighted by molar-refractivity contribution is 5.70. The fraction of sp³-hybridized carbons (Fsp3) is 0.467. The molecule has 0 aromatic heterocycles. The number of carboxylic acid groups (broad SMARTS) is 1. The molecular formula is C15H17FN2O2. The lowest BCUT2D eigenvalue weighted by atomic mass is 9.86. The van der Waals surface area contributed by atoms with E-state index in [-0.39, 0.29) is 17.8 Å². The van der Waals surface area contributed by atoms with Crippen molar-refractivity contribution in [2.45, 2.75) is 38.3 Å². The lowest BCUT2D eigenvalue weighted by molar-refractivity contribution is -0.142. The molecule has 20 heavy (non-hydrogen) atoms. The first-order valence-corrected chi connectivity index (χ1v) is 6.75. The Balaban J connectivity index is 1.85. The number of hydrogen-bond acceptors (Lipinski definition) is 3. The third kappa shape index (κ3) is 3.55. The summed E-state index contributed by atoms with van der Waals surface area (Å²) in [5.41, 5.74) is 0.845. The predicted octanol–water partition coefficient (Wildman–Crippen LogP) is 2.43. The maximum Gasteiger partial charge on any atom is 0.306 e. The molecule has 0 atom stereocenters. The largest absolute Gasteiger partial charge is 0.481 e. The van der Waals surface area contributed by atoms with Gasteiger partial charge in [-0.25, -0.2) is 4.39 Å². The van der Waals surface area contributed by atoms with Crippen molar-refractivity contribution in [1.82, 2.24) is 5.32 Å². The van der Waals surface area contributed by atoms with Crippen molar-refractivity contribution in [3.05, 3.63) is 35.1 Å². The smallest absolute Gasteiger partial charge is 0.306 e. The van der Waals surface area contributed by atoms with Gasteiger partial charge < -0.3 is 10.4 Å². The SMILES string of the molecule is N#Cc1ccc(CNC2CCC(C(=O)O)CC2)c(F)c1. The third-order valence-electron chi connectivity index (χ3n) is 3.84. The number of benzene rings is 1. The van der Waals surface area contributed by atoms with Gasteiger partial charge in [0.1, 0.15) is 5.82 Å². The fourth-order valence-electron chi connectivity index (χ4n) is 2.56. The normalized spacial score (nSPS) is 22.2. The molecule has 5 heteroatoms. The Morgan fingerprint density at radius 1 is 1.40 bits per heavy atom. The van der Waals surface area contributed by atoms with Crippen molar-refractivity contribution in [1.29, 1.82) is 5.26 Å². The van der Waals surface area contributed by atoms with Gasteiger partial charge in [-0.3, -0.25) is 4.79 Å². The average molecular weight is 276 g/mol. The van der Waals surface area contributed by atoms with Crippen LogP contribution in [0.4, 0.5) is 4.39 Å². The van der Waals surface area contributed by atoms with E-state index in [2.05, 4.69) is 5.32 Å². The lowest BCUT2D eigenvalue weighted by Gasteiger charge is -2.27. The Morgan fingerprint density at radius 2 is 2.10 bits per heavy atom. The molecule has 0 amide bonds. The Labute approximate surface area is 117 Å². The average Bonchev–Trinajstić information content (AvgIpc) is 2.46. The van der Waals surface area contributed by atoms with Crippen molar-refractivity contribution in [2.24, 2.45) is 5.92 Å². The summed E-state index contributed by atoms with van der Waals surface area (Å²) in [6.07, 6.45) is 2.94. The van der Waals surface area contributed by atoms with Crippen LogP contribution in [-0.4, -0.2) is 17.1 Å². The highest BCUT2D eigenvalue weighted by Crippen LogP contribution is 2.24. The number of halogens is 1. The molecule has 0 radical (unpaired) electrons. The fourth-order valence-corrected chi connectivity index (χ4v) is 2.56. The van der Waals surface area contributed by atoms with Crippen molar-refractivity contribution >= 4 is 5.97 Å². The van der Waals surface area contributed by atoms with E-state index < -0.39 is 5.97 Å². The van der Waals surface area contributed by atoms with E-state index in [0.29, 0.717) is 30.5 Å². The summed E-state index contributed by atoms with van der Waals surface area (Å²) in [6, 6.07) is 6.58. The topological polar surface area (TPSA) is 73.1 Å². The van der Waals surface area contributed by atoms with Gasteiger partial charge in [-0.15, -0.1) is 0 Å². The van der Waals surface area contributed by atoms with Gasteiger partial charge in [0.05, 0.1) is 17.6 Å². The summed E-state index contributed by atoms with van der Waals surface area (Å²) >= 11 is 0. The van der Waals surface area contributed by atoms with Gasteiger partial charge in [0.2, 0.25) is 0 Å². The first-order valence-electron chi connectivity index (χ1n) is 6.75. The van der Waals surface area contributed by atoms with Crippen LogP contribution in [0.25, 0.3) is 0 Å². The molecule has 1 fully saturated rings. The van der Waals surface area contributed by atoms with Crippen LogP contribution in [0.2, 0.25) is 0 Å². The molecule has 0 heterocycles. The van der Waals surface area contributed by atoms with Crippen molar-refractivity contribution in [3.63, 3.8) is 0 Å². The summed E-state index contributed by atoms with van der Waals surface area (Å²) < 4.78 is 13.7. The summed E-state index contributed by atoms with van der Waals surface area (Å²) in [5.74, 6) is -1.34. The number of nitrogens with one attached hydrogen (secondary N) is 1. The van der Waals surface area contributed by atoms with Crippen LogP contribution in [0.15, 0.2) is 18.2 Å². The van der Waals surface area contributed by atoms with Gasteiger partial charge in [0, 0.05) is 18.2 Å². The number of hydrogen-bond donors (Lipinski definition) is 2. The Hall–Kier alpha value is -1.93. The quantitative estimate of drug-likeness (QED) is 0.885. The maximum atomic E-state index is 13.7. The van der Waals surface area contributed by atoms with Gasteiger partial charge in [0.15, 0.2) is 0 Å². The first kappa shape index (κ1) is 14.5. The number of aliphatic carboxylic acids is 1. The van der Waals surface area contributed by atoms with E-state index in [9.17, 15) is 9.18 Å². The molecule has 1 saturated carbocycles. The second kappa shape index (κ2) is 6.49. The molecule has 2 N–H and O–H groups in total. The van der Waals surface area contributed by atoms with Gasteiger partial charge in [-0.1, -0.05) is 6.07 Å². The zero-order chi connectivity index (χ0) is 14.5. The molecule has 2 rings (SSSR count). The predicted molar refractivity (Wildman–Crippen MR) is 71.3 cm³/mol. The van der Waals surface area contributed by atoms with E-state index >= 15 is 0 Å². The van der Waals surface area contributed by atoms with Crippen LogP contribution < -0.4 is 5.32 Å². The number of nitrogens with zero attached hydrogens (tertiary/aromatic N) is 1. The molecule has 1 aromatic carbocycles. The van der Waals surface area contributed by atoms with Gasteiger partial charge in [0.25, 0.3) is 0 Å². The molecule has 0 spiro atoms. The van der Waals surface area contributed by atoms with Crippen molar-refractivity contribution in [3.8, 4) is 6.07 Å². The lowest BCUT2D eigenvalue weighted by Crippen LogP contribution is -2.34. The minimum absolute atomic E-state index is 0.236.